The first-order chi connectivity index (χ1) is 17.8. The molecule has 0 radical (unpaired) electrons. The lowest BCUT2D eigenvalue weighted by Gasteiger charge is -2.29. The van der Waals surface area contributed by atoms with E-state index in [0.717, 1.165) is 43.2 Å². The van der Waals surface area contributed by atoms with Crippen molar-refractivity contribution in [3.8, 4) is 0 Å². The second kappa shape index (κ2) is 12.2. The molecule has 1 aromatic heterocycles. The number of hydrogen-bond donors (Lipinski definition) is 0. The van der Waals surface area contributed by atoms with Gasteiger partial charge < -0.3 is 14.2 Å². The van der Waals surface area contributed by atoms with E-state index in [1.807, 2.05) is 35.8 Å². The van der Waals surface area contributed by atoms with Crippen LogP contribution in [0, 0.1) is 6.92 Å². The molecule has 4 rings (SSSR count). The first-order valence-corrected chi connectivity index (χ1v) is 14.7. The fourth-order valence-electron chi connectivity index (χ4n) is 4.99. The second-order valence-corrected chi connectivity index (χ2v) is 12.0. The van der Waals surface area contributed by atoms with Crippen molar-refractivity contribution >= 4 is 27.3 Å². The molecule has 0 bridgehead atoms. The third-order valence-corrected chi connectivity index (χ3v) is 8.58. The Hall–Kier alpha value is -2.68. The highest BCUT2D eigenvalue weighted by Gasteiger charge is 2.30. The number of methoxy groups -OCH3 is 1. The predicted octanol–water partition coefficient (Wildman–Crippen LogP) is 5.61. The topological polar surface area (TPSA) is 81.5 Å². The fraction of sp³-hybridized carbons (Fsp3) is 0.429. The van der Waals surface area contributed by atoms with Crippen LogP contribution in [0.25, 0.3) is 0 Å². The predicted molar refractivity (Wildman–Crippen MR) is 144 cm³/mol. The average molecular weight is 544 g/mol. The first-order valence-electron chi connectivity index (χ1n) is 12.7. The van der Waals surface area contributed by atoms with E-state index in [-0.39, 0.29) is 29.4 Å². The van der Waals surface area contributed by atoms with Crippen molar-refractivity contribution in [2.45, 2.75) is 62.5 Å². The molecular formula is C28H34ClN3O4S. The Morgan fingerprint density at radius 1 is 1.14 bits per heavy atom. The summed E-state index contributed by atoms with van der Waals surface area (Å²) >= 11 is 6.14. The van der Waals surface area contributed by atoms with Crippen LogP contribution in [0.15, 0.2) is 59.9 Å². The molecule has 0 unspecified atom stereocenters. The number of nitrogens with zero attached hydrogens (tertiary/aromatic N) is 3. The largest absolute Gasteiger partial charge is 0.383 e. The van der Waals surface area contributed by atoms with E-state index in [9.17, 15) is 13.2 Å². The number of amides is 1. The summed E-state index contributed by atoms with van der Waals surface area (Å²) < 4.78 is 34.4. The lowest BCUT2D eigenvalue weighted by atomic mass is 9.95. The highest BCUT2D eigenvalue weighted by molar-refractivity contribution is 7.90. The number of carbonyl (C=O) groups is 1. The van der Waals surface area contributed by atoms with Gasteiger partial charge in [-0.15, -0.1) is 0 Å². The van der Waals surface area contributed by atoms with Gasteiger partial charge in [0, 0.05) is 30.3 Å². The molecule has 7 nitrogen and oxygen atoms in total. The standard InChI is InChI=1S/C28H34ClN3O4S/c1-21-8-6-9-22(16-21)20-37(34,35)28-30-18-26(32(28)25-12-4-3-5-13-25)19-31(14-15-36-2)27(33)23-10-7-11-24(29)17-23/h6-11,16-18,25H,3-5,12-15,19-20H2,1-2H3. The minimum Gasteiger partial charge on any atom is -0.383 e. The molecule has 1 heterocycles. The molecule has 1 fully saturated rings. The van der Waals surface area contributed by atoms with Crippen LogP contribution in [0.1, 0.15) is 65.3 Å². The SMILES string of the molecule is COCCN(Cc1cnc(S(=O)(=O)Cc2cccc(C)c2)n1C1CCCCC1)C(=O)c1cccc(Cl)c1. The first kappa shape index (κ1) is 27.4. The summed E-state index contributed by atoms with van der Waals surface area (Å²) in [7, 11) is -2.13. The smallest absolute Gasteiger partial charge is 0.254 e. The Morgan fingerprint density at radius 2 is 1.89 bits per heavy atom. The van der Waals surface area contributed by atoms with E-state index in [2.05, 4.69) is 4.98 Å². The zero-order valence-electron chi connectivity index (χ0n) is 21.4. The van der Waals surface area contributed by atoms with E-state index in [4.69, 9.17) is 16.3 Å². The number of ether oxygens (including phenoxy) is 1. The maximum atomic E-state index is 13.6. The number of hydrogen-bond acceptors (Lipinski definition) is 5. The second-order valence-electron chi connectivity index (χ2n) is 9.67. The van der Waals surface area contributed by atoms with Crippen molar-refractivity contribution < 1.29 is 17.9 Å². The molecule has 1 amide bonds. The van der Waals surface area contributed by atoms with Crippen LogP contribution >= 0.6 is 11.6 Å². The Labute approximate surface area is 224 Å². The summed E-state index contributed by atoms with van der Waals surface area (Å²) in [5.74, 6) is -0.313. The van der Waals surface area contributed by atoms with Crippen LogP contribution < -0.4 is 0 Å². The number of aromatic nitrogens is 2. The van der Waals surface area contributed by atoms with E-state index in [0.29, 0.717) is 29.4 Å². The van der Waals surface area contributed by atoms with Gasteiger partial charge in [-0.3, -0.25) is 4.79 Å². The maximum absolute atomic E-state index is 13.6. The molecule has 1 saturated carbocycles. The summed E-state index contributed by atoms with van der Waals surface area (Å²) in [6.07, 6.45) is 6.60. The van der Waals surface area contributed by atoms with Crippen molar-refractivity contribution in [1.82, 2.24) is 14.5 Å². The number of rotatable bonds is 10. The summed E-state index contributed by atoms with van der Waals surface area (Å²) in [6.45, 7) is 2.87. The van der Waals surface area contributed by atoms with E-state index in [1.165, 1.54) is 0 Å². The monoisotopic (exact) mass is 543 g/mol. The maximum Gasteiger partial charge on any atom is 0.254 e. The number of sulfone groups is 1. The number of halogens is 1. The van der Waals surface area contributed by atoms with Gasteiger partial charge in [-0.1, -0.05) is 66.8 Å². The van der Waals surface area contributed by atoms with Gasteiger partial charge in [0.25, 0.3) is 5.91 Å². The van der Waals surface area contributed by atoms with Gasteiger partial charge in [-0.05, 0) is 43.5 Å². The minimum atomic E-state index is -3.71. The average Bonchev–Trinajstić information content (AvgIpc) is 3.31. The number of imidazole rings is 1. The Kier molecular flexibility index (Phi) is 9.05. The minimum absolute atomic E-state index is 0.0269. The van der Waals surface area contributed by atoms with Crippen molar-refractivity contribution in [2.75, 3.05) is 20.3 Å². The molecule has 0 saturated heterocycles. The number of carbonyl (C=O) groups excluding carboxylic acids is 1. The normalized spacial score (nSPS) is 14.6. The van der Waals surface area contributed by atoms with Gasteiger partial charge in [-0.2, -0.15) is 0 Å². The summed E-state index contributed by atoms with van der Waals surface area (Å²) in [4.78, 5) is 19.6. The van der Waals surface area contributed by atoms with Gasteiger partial charge >= 0.3 is 0 Å². The quantitative estimate of drug-likeness (QED) is 0.332. The van der Waals surface area contributed by atoms with Crippen LogP contribution in [0.4, 0.5) is 0 Å². The van der Waals surface area contributed by atoms with E-state index < -0.39 is 9.84 Å². The van der Waals surface area contributed by atoms with Gasteiger partial charge in [0.05, 0.1) is 30.8 Å². The lowest BCUT2D eigenvalue weighted by Crippen LogP contribution is -2.35. The third-order valence-electron chi connectivity index (χ3n) is 6.77. The molecule has 198 valence electrons. The zero-order valence-corrected chi connectivity index (χ0v) is 23.0. The molecule has 1 aliphatic rings. The van der Waals surface area contributed by atoms with Crippen LogP contribution in [-0.2, 0) is 26.9 Å². The lowest BCUT2D eigenvalue weighted by molar-refractivity contribution is 0.0673. The molecule has 3 aromatic rings. The molecule has 0 aliphatic heterocycles. The van der Waals surface area contributed by atoms with Crippen LogP contribution in [0.2, 0.25) is 5.02 Å². The molecule has 0 spiro atoms. The fourth-order valence-corrected chi connectivity index (χ4v) is 6.71. The van der Waals surface area contributed by atoms with Gasteiger partial charge in [0.15, 0.2) is 0 Å². The van der Waals surface area contributed by atoms with Gasteiger partial charge in [0.1, 0.15) is 0 Å². The van der Waals surface area contributed by atoms with Gasteiger partial charge in [-0.25, -0.2) is 13.4 Å². The van der Waals surface area contributed by atoms with Crippen molar-refractivity contribution in [1.29, 1.82) is 0 Å². The molecule has 0 atom stereocenters. The Morgan fingerprint density at radius 3 is 2.59 bits per heavy atom. The summed E-state index contributed by atoms with van der Waals surface area (Å²) in [5.41, 5.74) is 2.93. The highest BCUT2D eigenvalue weighted by Crippen LogP contribution is 2.33. The van der Waals surface area contributed by atoms with Crippen LogP contribution in [-0.4, -0.2) is 49.0 Å². The Bertz CT molecular complexity index is 1330. The van der Waals surface area contributed by atoms with Crippen LogP contribution in [0.3, 0.4) is 0 Å². The number of aryl methyl sites for hydroxylation is 1. The zero-order chi connectivity index (χ0) is 26.4. The number of benzene rings is 2. The summed E-state index contributed by atoms with van der Waals surface area (Å²) in [6, 6.07) is 14.4. The van der Waals surface area contributed by atoms with E-state index in [1.54, 1.807) is 42.5 Å². The highest BCUT2D eigenvalue weighted by atomic mass is 35.5. The third kappa shape index (κ3) is 6.80. The molecule has 2 aromatic carbocycles. The van der Waals surface area contributed by atoms with Crippen molar-refractivity contribution in [3.05, 3.63) is 82.1 Å². The molecule has 37 heavy (non-hydrogen) atoms. The Balaban J connectivity index is 1.70. The molecule has 9 heteroatoms. The molecule has 0 N–H and O–H groups in total. The van der Waals surface area contributed by atoms with Crippen molar-refractivity contribution in [2.24, 2.45) is 0 Å². The summed E-state index contributed by atoms with van der Waals surface area (Å²) in [5, 5.41) is 0.562. The molecule has 1 aliphatic carbocycles. The van der Waals surface area contributed by atoms with Crippen molar-refractivity contribution in [3.63, 3.8) is 0 Å². The van der Waals surface area contributed by atoms with Crippen LogP contribution in [0.5, 0.6) is 0 Å². The van der Waals surface area contributed by atoms with E-state index >= 15 is 0 Å². The molecular weight excluding hydrogens is 510 g/mol. The van der Waals surface area contributed by atoms with Gasteiger partial charge in [0.2, 0.25) is 15.0 Å².